The standard InChI is InChI=1S/C23H26N6O5S/c30-20(25-21(31)24-16-6-7-18-19(13-16)34-12-11-33-18)15-35-23-27-26-22(28-8-2-1-3-9-28)29(23)14-17-5-4-10-32-17/h4-7,10,13H,1-3,8-9,11-12,14-15H2,(H2,24,25,30,31). The smallest absolute Gasteiger partial charge is 0.325 e. The van der Waals surface area contributed by atoms with Crippen molar-refractivity contribution in [1.82, 2.24) is 20.1 Å². The number of urea groups is 1. The third-order valence-corrected chi connectivity index (χ3v) is 6.58. The normalized spacial score (nSPS) is 15.0. The second kappa shape index (κ2) is 10.7. The maximum atomic E-state index is 12.5. The Morgan fingerprint density at radius 2 is 1.86 bits per heavy atom. The fourth-order valence-corrected chi connectivity index (χ4v) is 4.72. The van der Waals surface area contributed by atoms with Crippen LogP contribution >= 0.6 is 11.8 Å². The Balaban J connectivity index is 1.19. The number of furan rings is 1. The first-order valence-corrected chi connectivity index (χ1v) is 12.5. The molecule has 0 saturated carbocycles. The summed E-state index contributed by atoms with van der Waals surface area (Å²) in [5, 5.41) is 14.3. The second-order valence-corrected chi connectivity index (χ2v) is 9.09. The first kappa shape index (κ1) is 23.1. The van der Waals surface area contributed by atoms with E-state index in [1.165, 1.54) is 18.2 Å². The zero-order valence-corrected chi connectivity index (χ0v) is 19.9. The van der Waals surface area contributed by atoms with Gasteiger partial charge < -0.3 is 24.1 Å². The number of fused-ring (bicyclic) bond motifs is 1. The van der Waals surface area contributed by atoms with E-state index >= 15 is 0 Å². The topological polar surface area (TPSA) is 124 Å². The number of aromatic nitrogens is 3. The molecule has 35 heavy (non-hydrogen) atoms. The number of amides is 3. The first-order chi connectivity index (χ1) is 17.2. The van der Waals surface area contributed by atoms with Crippen LogP contribution in [0.5, 0.6) is 11.5 Å². The van der Waals surface area contributed by atoms with E-state index in [0.717, 1.165) is 37.6 Å². The van der Waals surface area contributed by atoms with Gasteiger partial charge in [0, 0.05) is 24.8 Å². The minimum Gasteiger partial charge on any atom is -0.486 e. The zero-order chi connectivity index (χ0) is 24.0. The Morgan fingerprint density at radius 1 is 1.03 bits per heavy atom. The monoisotopic (exact) mass is 498 g/mol. The van der Waals surface area contributed by atoms with Crippen LogP contribution in [0.4, 0.5) is 16.4 Å². The number of ether oxygens (including phenoxy) is 2. The highest BCUT2D eigenvalue weighted by Gasteiger charge is 2.22. The largest absolute Gasteiger partial charge is 0.486 e. The summed E-state index contributed by atoms with van der Waals surface area (Å²) in [6.45, 7) is 3.23. The van der Waals surface area contributed by atoms with Gasteiger partial charge in [-0.1, -0.05) is 11.8 Å². The number of nitrogens with one attached hydrogen (secondary N) is 2. The van der Waals surface area contributed by atoms with Gasteiger partial charge in [-0.2, -0.15) is 0 Å². The van der Waals surface area contributed by atoms with Crippen LogP contribution in [0.15, 0.2) is 46.2 Å². The number of hydrogen-bond acceptors (Lipinski definition) is 9. The molecule has 1 fully saturated rings. The molecule has 4 heterocycles. The van der Waals surface area contributed by atoms with Crippen molar-refractivity contribution in [2.45, 2.75) is 31.0 Å². The molecule has 1 aromatic carbocycles. The fraction of sp³-hybridized carbons (Fsp3) is 0.391. The van der Waals surface area contributed by atoms with Crippen molar-refractivity contribution in [3.05, 3.63) is 42.4 Å². The number of carbonyl (C=O) groups is 2. The molecule has 3 amide bonds. The van der Waals surface area contributed by atoms with E-state index in [-0.39, 0.29) is 5.75 Å². The Labute approximate surface area is 206 Å². The summed E-state index contributed by atoms with van der Waals surface area (Å²) in [5.74, 6) is 2.27. The molecule has 2 aliphatic heterocycles. The highest BCUT2D eigenvalue weighted by molar-refractivity contribution is 7.99. The van der Waals surface area contributed by atoms with E-state index < -0.39 is 11.9 Å². The summed E-state index contributed by atoms with van der Waals surface area (Å²) in [4.78, 5) is 27.0. The van der Waals surface area contributed by atoms with Crippen molar-refractivity contribution in [3.8, 4) is 11.5 Å². The average Bonchev–Trinajstić information content (AvgIpc) is 3.53. The molecule has 2 aliphatic rings. The molecule has 0 unspecified atom stereocenters. The van der Waals surface area contributed by atoms with Crippen LogP contribution in [0.2, 0.25) is 0 Å². The molecule has 3 aromatic rings. The van der Waals surface area contributed by atoms with E-state index in [4.69, 9.17) is 13.9 Å². The lowest BCUT2D eigenvalue weighted by Crippen LogP contribution is -2.35. The van der Waals surface area contributed by atoms with Gasteiger partial charge in [0.05, 0.1) is 18.6 Å². The number of piperidine rings is 1. The predicted octanol–water partition coefficient (Wildman–Crippen LogP) is 3.12. The van der Waals surface area contributed by atoms with Gasteiger partial charge in [0.15, 0.2) is 16.7 Å². The number of carbonyl (C=O) groups excluding carboxylic acids is 2. The van der Waals surface area contributed by atoms with E-state index in [2.05, 4.69) is 25.7 Å². The van der Waals surface area contributed by atoms with Crippen molar-refractivity contribution >= 4 is 35.3 Å². The Morgan fingerprint density at radius 3 is 2.66 bits per heavy atom. The SMILES string of the molecule is O=C(CSc1nnc(N2CCCCC2)n1Cc1ccco1)NC(=O)Nc1ccc2c(c1)OCCO2. The van der Waals surface area contributed by atoms with Gasteiger partial charge in [0.1, 0.15) is 19.0 Å². The van der Waals surface area contributed by atoms with Gasteiger partial charge in [-0.15, -0.1) is 10.2 Å². The fourth-order valence-electron chi connectivity index (χ4n) is 3.99. The lowest BCUT2D eigenvalue weighted by Gasteiger charge is -2.27. The van der Waals surface area contributed by atoms with Crippen LogP contribution < -0.4 is 25.0 Å². The number of hydrogen-bond donors (Lipinski definition) is 2. The molecule has 12 heteroatoms. The van der Waals surface area contributed by atoms with Gasteiger partial charge in [-0.3, -0.25) is 14.7 Å². The van der Waals surface area contributed by atoms with E-state index in [1.807, 2.05) is 16.7 Å². The van der Waals surface area contributed by atoms with Crippen LogP contribution in [0.25, 0.3) is 0 Å². The van der Waals surface area contributed by atoms with Gasteiger partial charge in [0.25, 0.3) is 0 Å². The summed E-state index contributed by atoms with van der Waals surface area (Å²) in [7, 11) is 0. The highest BCUT2D eigenvalue weighted by atomic mass is 32.2. The van der Waals surface area contributed by atoms with Gasteiger partial charge in [-0.25, -0.2) is 4.79 Å². The van der Waals surface area contributed by atoms with E-state index in [1.54, 1.807) is 24.5 Å². The van der Waals surface area contributed by atoms with Crippen molar-refractivity contribution in [2.24, 2.45) is 0 Å². The highest BCUT2D eigenvalue weighted by Crippen LogP contribution is 2.32. The molecule has 0 radical (unpaired) electrons. The van der Waals surface area contributed by atoms with Crippen LogP contribution in [-0.2, 0) is 11.3 Å². The van der Waals surface area contributed by atoms with Gasteiger partial charge in [0.2, 0.25) is 11.9 Å². The summed E-state index contributed by atoms with van der Waals surface area (Å²) in [6, 6.07) is 8.16. The van der Waals surface area contributed by atoms with Crippen LogP contribution in [0.3, 0.4) is 0 Å². The van der Waals surface area contributed by atoms with Crippen molar-refractivity contribution < 1.29 is 23.5 Å². The van der Waals surface area contributed by atoms with Crippen LogP contribution in [0, 0.1) is 0 Å². The molecule has 5 rings (SSSR count). The number of thioether (sulfide) groups is 1. The third-order valence-electron chi connectivity index (χ3n) is 5.62. The Hall–Kier alpha value is -3.67. The lowest BCUT2D eigenvalue weighted by atomic mass is 10.1. The van der Waals surface area contributed by atoms with Crippen LogP contribution in [0.1, 0.15) is 25.0 Å². The van der Waals surface area contributed by atoms with Crippen molar-refractivity contribution in [1.29, 1.82) is 0 Å². The summed E-state index contributed by atoms with van der Waals surface area (Å²) >= 11 is 1.22. The molecule has 2 N–H and O–H groups in total. The Kier molecular flexibility index (Phi) is 7.07. The molecule has 0 atom stereocenters. The van der Waals surface area contributed by atoms with Crippen LogP contribution in [-0.4, -0.2) is 58.8 Å². The molecule has 11 nitrogen and oxygen atoms in total. The Bertz CT molecular complexity index is 1180. The van der Waals surface area contributed by atoms with Gasteiger partial charge in [-0.05, 0) is 43.5 Å². The maximum absolute atomic E-state index is 12.5. The average molecular weight is 499 g/mol. The molecule has 184 valence electrons. The molecule has 2 aromatic heterocycles. The van der Waals surface area contributed by atoms with Crippen molar-refractivity contribution in [3.63, 3.8) is 0 Å². The lowest BCUT2D eigenvalue weighted by molar-refractivity contribution is -0.117. The molecule has 0 spiro atoms. The number of nitrogens with zero attached hydrogens (tertiary/aromatic N) is 4. The van der Waals surface area contributed by atoms with E-state index in [0.29, 0.717) is 42.1 Å². The number of rotatable bonds is 7. The second-order valence-electron chi connectivity index (χ2n) is 8.15. The van der Waals surface area contributed by atoms with Gasteiger partial charge >= 0.3 is 6.03 Å². The number of imide groups is 1. The molecule has 0 bridgehead atoms. The molecular formula is C23H26N6O5S. The minimum atomic E-state index is -0.627. The summed E-state index contributed by atoms with van der Waals surface area (Å²) < 4.78 is 18.5. The number of anilines is 2. The molecule has 1 saturated heterocycles. The quantitative estimate of drug-likeness (QED) is 0.473. The molecular weight excluding hydrogens is 472 g/mol. The number of benzene rings is 1. The van der Waals surface area contributed by atoms with Crippen molar-refractivity contribution in [2.75, 3.05) is 42.3 Å². The zero-order valence-electron chi connectivity index (χ0n) is 19.1. The maximum Gasteiger partial charge on any atom is 0.325 e. The first-order valence-electron chi connectivity index (χ1n) is 11.5. The summed E-state index contributed by atoms with van der Waals surface area (Å²) in [5.41, 5.74) is 0.497. The summed E-state index contributed by atoms with van der Waals surface area (Å²) in [6.07, 6.45) is 5.05. The molecule has 0 aliphatic carbocycles. The van der Waals surface area contributed by atoms with E-state index in [9.17, 15) is 9.59 Å². The predicted molar refractivity (Wildman–Crippen MR) is 129 cm³/mol. The third kappa shape index (κ3) is 5.70. The minimum absolute atomic E-state index is 0.00481.